The summed E-state index contributed by atoms with van der Waals surface area (Å²) in [7, 11) is 0. The maximum absolute atomic E-state index is 12.3. The van der Waals surface area contributed by atoms with Crippen LogP contribution in [0.2, 0.25) is 0 Å². The molecule has 128 valence electrons. The second-order valence-electron chi connectivity index (χ2n) is 5.51. The molecule has 5 heterocycles. The number of nitrogens with two attached hydrogens (primary N) is 2. The Morgan fingerprint density at radius 1 is 1.27 bits per heavy atom. The van der Waals surface area contributed by atoms with Crippen molar-refractivity contribution in [3.63, 3.8) is 0 Å². The van der Waals surface area contributed by atoms with Gasteiger partial charge in [0.15, 0.2) is 28.5 Å². The van der Waals surface area contributed by atoms with Crippen molar-refractivity contribution in [1.82, 2.24) is 35.0 Å². The number of amides is 1. The number of nitrogens with zero attached hydrogens (tertiary/aromatic N) is 5. The van der Waals surface area contributed by atoms with Gasteiger partial charge in [-0.1, -0.05) is 0 Å². The van der Waals surface area contributed by atoms with Crippen molar-refractivity contribution in [2.24, 2.45) is 5.73 Å². The van der Waals surface area contributed by atoms with Gasteiger partial charge in [0.1, 0.15) is 5.76 Å². The van der Waals surface area contributed by atoms with Crippen molar-refractivity contribution in [2.45, 2.75) is 0 Å². The molecule has 6 N–H and O–H groups in total. The molecular formula is C14H9N9O3. The maximum Gasteiger partial charge on any atom is 0.276 e. The van der Waals surface area contributed by atoms with E-state index in [0.717, 1.165) is 0 Å². The van der Waals surface area contributed by atoms with E-state index in [1.54, 1.807) is 12.1 Å². The Labute approximate surface area is 141 Å². The molecule has 0 aliphatic carbocycles. The van der Waals surface area contributed by atoms with Crippen LogP contribution in [-0.2, 0) is 0 Å². The summed E-state index contributed by atoms with van der Waals surface area (Å²) in [6.45, 7) is 0. The van der Waals surface area contributed by atoms with Crippen molar-refractivity contribution < 1.29 is 9.21 Å². The second kappa shape index (κ2) is 4.66. The van der Waals surface area contributed by atoms with Crippen molar-refractivity contribution in [2.75, 3.05) is 5.73 Å². The van der Waals surface area contributed by atoms with Gasteiger partial charge in [0.2, 0.25) is 0 Å². The average molecular weight is 351 g/mol. The molecule has 0 atom stereocenters. The molecule has 0 fully saturated rings. The third kappa shape index (κ3) is 1.66. The summed E-state index contributed by atoms with van der Waals surface area (Å²) < 4.78 is 6.81. The van der Waals surface area contributed by atoms with Gasteiger partial charge in [0, 0.05) is 5.56 Å². The zero-order valence-corrected chi connectivity index (χ0v) is 12.8. The molecule has 0 unspecified atom stereocenters. The van der Waals surface area contributed by atoms with E-state index >= 15 is 0 Å². The number of nitrogen functional groups attached to an aromatic ring is 1. The first-order valence-corrected chi connectivity index (χ1v) is 7.34. The quantitative estimate of drug-likeness (QED) is 0.336. The van der Waals surface area contributed by atoms with E-state index in [1.165, 1.54) is 10.8 Å². The number of rotatable bonds is 2. The number of anilines is 1. The molecule has 0 aliphatic rings. The lowest BCUT2D eigenvalue weighted by molar-refractivity contribution is 0.0995. The molecule has 12 heteroatoms. The highest BCUT2D eigenvalue weighted by Crippen LogP contribution is 2.35. The van der Waals surface area contributed by atoms with Crippen LogP contribution < -0.4 is 17.0 Å². The Balaban J connectivity index is 2.06. The maximum atomic E-state index is 12.3. The zero-order valence-electron chi connectivity index (χ0n) is 12.8. The van der Waals surface area contributed by atoms with Gasteiger partial charge in [0.05, 0.1) is 17.0 Å². The van der Waals surface area contributed by atoms with Crippen LogP contribution in [0.4, 0.5) is 5.82 Å². The van der Waals surface area contributed by atoms with Gasteiger partial charge in [-0.25, -0.2) is 14.6 Å². The number of nitrogens with one attached hydrogen (secondary N) is 2. The Morgan fingerprint density at radius 2 is 2.12 bits per heavy atom. The van der Waals surface area contributed by atoms with Crippen LogP contribution in [0.5, 0.6) is 0 Å². The first-order chi connectivity index (χ1) is 12.6. The van der Waals surface area contributed by atoms with Crippen LogP contribution in [0.25, 0.3) is 39.0 Å². The predicted molar refractivity (Wildman–Crippen MR) is 89.2 cm³/mol. The molecule has 0 spiro atoms. The molecule has 0 bridgehead atoms. The monoisotopic (exact) mass is 351 g/mol. The lowest BCUT2D eigenvalue weighted by Gasteiger charge is -2.03. The SMILES string of the molecule is NC(=O)c1nnc2c3c(-c4ccco4)c4c(=O)[nH]nc4nc3[nH]n2c1N. The molecule has 0 aliphatic heterocycles. The van der Waals surface area contributed by atoms with Gasteiger partial charge >= 0.3 is 0 Å². The van der Waals surface area contributed by atoms with Gasteiger partial charge in [-0.05, 0) is 12.1 Å². The summed E-state index contributed by atoms with van der Waals surface area (Å²) in [4.78, 5) is 28.0. The minimum absolute atomic E-state index is 0.0348. The molecule has 12 nitrogen and oxygen atoms in total. The van der Waals surface area contributed by atoms with E-state index in [4.69, 9.17) is 15.9 Å². The Kier molecular flexibility index (Phi) is 2.53. The van der Waals surface area contributed by atoms with E-state index in [1.807, 2.05) is 0 Å². The molecular weight excluding hydrogens is 342 g/mol. The van der Waals surface area contributed by atoms with Gasteiger partial charge < -0.3 is 15.9 Å². The molecule has 5 aromatic rings. The van der Waals surface area contributed by atoms with Crippen LogP contribution in [-0.4, -0.2) is 40.9 Å². The first-order valence-electron chi connectivity index (χ1n) is 7.34. The second-order valence-corrected chi connectivity index (χ2v) is 5.51. The molecule has 0 saturated heterocycles. The average Bonchev–Trinajstić information content (AvgIpc) is 3.33. The molecule has 0 saturated carbocycles. The number of carbonyl (C=O) groups is 1. The normalized spacial score (nSPS) is 11.7. The lowest BCUT2D eigenvalue weighted by Crippen LogP contribution is -2.19. The van der Waals surface area contributed by atoms with E-state index in [-0.39, 0.29) is 28.2 Å². The van der Waals surface area contributed by atoms with Crippen molar-refractivity contribution >= 4 is 39.4 Å². The van der Waals surface area contributed by atoms with E-state index < -0.39 is 11.5 Å². The summed E-state index contributed by atoms with van der Waals surface area (Å²) in [6, 6.07) is 3.38. The molecule has 0 aromatic carbocycles. The number of carbonyl (C=O) groups excluding carboxylic acids is 1. The lowest BCUT2D eigenvalue weighted by atomic mass is 10.1. The summed E-state index contributed by atoms with van der Waals surface area (Å²) in [5, 5.41) is 17.7. The third-order valence-corrected chi connectivity index (χ3v) is 4.05. The zero-order chi connectivity index (χ0) is 18.0. The highest BCUT2D eigenvalue weighted by molar-refractivity contribution is 6.12. The van der Waals surface area contributed by atoms with E-state index in [0.29, 0.717) is 22.4 Å². The van der Waals surface area contributed by atoms with Crippen LogP contribution >= 0.6 is 0 Å². The minimum atomic E-state index is -0.820. The number of H-pyrrole nitrogens is 2. The predicted octanol–water partition coefficient (Wildman–Crippen LogP) is -0.217. The van der Waals surface area contributed by atoms with Gasteiger partial charge in [-0.2, -0.15) is 5.10 Å². The fraction of sp³-hybridized carbons (Fsp3) is 0. The molecule has 1 amide bonds. The fourth-order valence-electron chi connectivity index (χ4n) is 2.96. The molecule has 5 rings (SSSR count). The van der Waals surface area contributed by atoms with Crippen molar-refractivity contribution in [3.8, 4) is 11.3 Å². The Hall–Kier alpha value is -4.22. The fourth-order valence-corrected chi connectivity index (χ4v) is 2.96. The highest BCUT2D eigenvalue weighted by atomic mass is 16.3. The summed E-state index contributed by atoms with van der Waals surface area (Å²) in [5.74, 6) is -0.437. The number of furan rings is 1. The molecule has 0 radical (unpaired) electrons. The van der Waals surface area contributed by atoms with Crippen LogP contribution in [0.1, 0.15) is 10.5 Å². The molecule has 5 aromatic heterocycles. The molecule has 26 heavy (non-hydrogen) atoms. The number of hydrogen-bond acceptors (Lipinski definition) is 8. The number of primary amides is 1. The number of aromatic amines is 2. The topological polar surface area (TPSA) is 187 Å². The van der Waals surface area contributed by atoms with Gasteiger partial charge in [-0.15, -0.1) is 10.2 Å². The minimum Gasteiger partial charge on any atom is -0.464 e. The number of pyridine rings is 1. The number of fused-ring (bicyclic) bond motifs is 4. The largest absolute Gasteiger partial charge is 0.464 e. The summed E-state index contributed by atoms with van der Waals surface area (Å²) >= 11 is 0. The number of aromatic nitrogens is 7. The van der Waals surface area contributed by atoms with Crippen molar-refractivity contribution in [3.05, 3.63) is 34.4 Å². The standard InChI is InChI=1S/C14H9N9O3/c15-9-8(10(16)24)18-20-13-6-5(4-2-1-3-26-4)7-11(19-21-14(7)25)17-12(6)22-23(9)13/h1-3H,15H2,(H2,16,24)(H,21,25)(H,17,19,22). The van der Waals surface area contributed by atoms with E-state index in [9.17, 15) is 9.59 Å². The van der Waals surface area contributed by atoms with Crippen LogP contribution in [0, 0.1) is 0 Å². The van der Waals surface area contributed by atoms with Gasteiger partial charge in [-0.3, -0.25) is 14.7 Å². The first kappa shape index (κ1) is 14.2. The summed E-state index contributed by atoms with van der Waals surface area (Å²) in [6.07, 6.45) is 1.48. The van der Waals surface area contributed by atoms with Crippen molar-refractivity contribution in [1.29, 1.82) is 0 Å². The third-order valence-electron chi connectivity index (χ3n) is 4.05. The van der Waals surface area contributed by atoms with E-state index in [2.05, 4.69) is 30.5 Å². The summed E-state index contributed by atoms with van der Waals surface area (Å²) in [5.41, 5.74) is 11.8. The number of hydrogen-bond donors (Lipinski definition) is 4. The Morgan fingerprint density at radius 3 is 2.85 bits per heavy atom. The highest BCUT2D eigenvalue weighted by Gasteiger charge is 2.24. The smallest absolute Gasteiger partial charge is 0.276 e. The van der Waals surface area contributed by atoms with Crippen LogP contribution in [0.3, 0.4) is 0 Å². The Bertz CT molecular complexity index is 1390. The van der Waals surface area contributed by atoms with Gasteiger partial charge in [0.25, 0.3) is 11.5 Å². The van der Waals surface area contributed by atoms with Crippen LogP contribution in [0.15, 0.2) is 27.6 Å².